The van der Waals surface area contributed by atoms with Gasteiger partial charge in [0.1, 0.15) is 5.75 Å². The molecule has 0 aliphatic carbocycles. The number of carbonyl (C=O) groups excluding carboxylic acids is 2. The van der Waals surface area contributed by atoms with Crippen molar-refractivity contribution in [3.05, 3.63) is 52.5 Å². The molecule has 0 unspecified atom stereocenters. The van der Waals surface area contributed by atoms with Crippen LogP contribution in [0.1, 0.15) is 6.92 Å². The van der Waals surface area contributed by atoms with Crippen LogP contribution in [0.5, 0.6) is 5.75 Å². The van der Waals surface area contributed by atoms with E-state index in [1.54, 1.807) is 6.07 Å². The number of hydrogen-bond acceptors (Lipinski definition) is 5. The number of rotatable bonds is 8. The first-order valence-electron chi connectivity index (χ1n) is 8.69. The van der Waals surface area contributed by atoms with Crippen LogP contribution < -0.4 is 14.8 Å². The Balaban J connectivity index is 1.96. The minimum absolute atomic E-state index is 0.0111. The van der Waals surface area contributed by atoms with Crippen molar-refractivity contribution in [1.29, 1.82) is 0 Å². The van der Waals surface area contributed by atoms with E-state index in [0.717, 1.165) is 4.90 Å². The summed E-state index contributed by atoms with van der Waals surface area (Å²) in [5.41, 5.74) is 0.420. The van der Waals surface area contributed by atoms with Crippen molar-refractivity contribution in [2.24, 2.45) is 0 Å². The zero-order valence-corrected chi connectivity index (χ0v) is 18.8. The van der Waals surface area contributed by atoms with Crippen LogP contribution in [-0.2, 0) is 19.6 Å². The lowest BCUT2D eigenvalue weighted by Crippen LogP contribution is -2.47. The molecular formula is C19H21Cl2N3O5S. The van der Waals surface area contributed by atoms with Crippen LogP contribution in [0.25, 0.3) is 0 Å². The van der Waals surface area contributed by atoms with Gasteiger partial charge in [-0.25, -0.2) is 8.42 Å². The number of halogens is 2. The Morgan fingerprint density at radius 3 is 2.30 bits per heavy atom. The molecule has 0 aromatic heterocycles. The second-order valence-electron chi connectivity index (χ2n) is 6.39. The highest BCUT2D eigenvalue weighted by Crippen LogP contribution is 2.25. The van der Waals surface area contributed by atoms with Crippen LogP contribution in [0.3, 0.4) is 0 Å². The van der Waals surface area contributed by atoms with Crippen molar-refractivity contribution in [1.82, 2.24) is 9.62 Å². The molecule has 0 aliphatic heterocycles. The minimum Gasteiger partial charge on any atom is -0.497 e. The molecule has 0 radical (unpaired) electrons. The molecule has 8 nitrogen and oxygen atoms in total. The highest BCUT2D eigenvalue weighted by atomic mass is 35.5. The topological polar surface area (TPSA) is 105 Å². The minimum atomic E-state index is -3.93. The maximum absolute atomic E-state index is 12.5. The van der Waals surface area contributed by atoms with Crippen molar-refractivity contribution in [3.63, 3.8) is 0 Å². The first kappa shape index (κ1) is 23.9. The third-order valence-electron chi connectivity index (χ3n) is 4.03. The number of benzene rings is 2. The summed E-state index contributed by atoms with van der Waals surface area (Å²) >= 11 is 11.7. The fraction of sp³-hybridized carbons (Fsp3) is 0.263. The van der Waals surface area contributed by atoms with Gasteiger partial charge in [0.05, 0.1) is 34.6 Å². The summed E-state index contributed by atoms with van der Waals surface area (Å²) < 4.78 is 32.2. The van der Waals surface area contributed by atoms with Gasteiger partial charge in [0, 0.05) is 12.7 Å². The van der Waals surface area contributed by atoms with Crippen molar-refractivity contribution in [2.45, 2.75) is 17.9 Å². The molecule has 0 spiro atoms. The summed E-state index contributed by atoms with van der Waals surface area (Å²) in [6.45, 7) is 1.12. The first-order valence-corrected chi connectivity index (χ1v) is 10.9. The highest BCUT2D eigenvalue weighted by Gasteiger charge is 2.25. The van der Waals surface area contributed by atoms with Crippen molar-refractivity contribution < 1.29 is 22.7 Å². The quantitative estimate of drug-likeness (QED) is 0.613. The van der Waals surface area contributed by atoms with Gasteiger partial charge in [-0.1, -0.05) is 23.2 Å². The van der Waals surface area contributed by atoms with Gasteiger partial charge in [0.25, 0.3) is 0 Å². The van der Waals surface area contributed by atoms with Crippen LogP contribution in [-0.4, -0.2) is 51.9 Å². The molecule has 30 heavy (non-hydrogen) atoms. The van der Waals surface area contributed by atoms with Gasteiger partial charge < -0.3 is 15.0 Å². The van der Waals surface area contributed by atoms with Gasteiger partial charge >= 0.3 is 0 Å². The fourth-order valence-corrected chi connectivity index (χ4v) is 4.00. The predicted octanol–water partition coefficient (Wildman–Crippen LogP) is 2.77. The molecule has 2 amide bonds. The maximum Gasteiger partial charge on any atom is 0.243 e. The lowest BCUT2D eigenvalue weighted by atomic mass is 10.3. The van der Waals surface area contributed by atoms with E-state index < -0.39 is 27.9 Å². The number of amides is 2. The lowest BCUT2D eigenvalue weighted by molar-refractivity contribution is -0.134. The Labute approximate surface area is 185 Å². The maximum atomic E-state index is 12.5. The fourth-order valence-electron chi connectivity index (χ4n) is 2.50. The molecule has 0 bridgehead atoms. The number of methoxy groups -OCH3 is 1. The van der Waals surface area contributed by atoms with E-state index in [-0.39, 0.29) is 16.5 Å². The van der Waals surface area contributed by atoms with Crippen LogP contribution in [0.4, 0.5) is 5.69 Å². The van der Waals surface area contributed by atoms with Crippen LogP contribution in [0.15, 0.2) is 47.4 Å². The summed E-state index contributed by atoms with van der Waals surface area (Å²) in [7, 11) is -1.06. The third-order valence-corrected chi connectivity index (χ3v) is 6.33. The number of likely N-dealkylation sites (N-methyl/N-ethyl adjacent to an activating group) is 1. The number of ether oxygens (including phenoxy) is 1. The SMILES string of the molecule is COc1ccc(S(=O)(=O)N[C@@H](C)C(=O)N(C)CC(=O)Nc2ccc(Cl)c(Cl)c2)cc1. The summed E-state index contributed by atoms with van der Waals surface area (Å²) in [5.74, 6) is -0.545. The number of anilines is 1. The van der Waals surface area contributed by atoms with Crippen LogP contribution in [0.2, 0.25) is 10.0 Å². The number of nitrogens with zero attached hydrogens (tertiary/aromatic N) is 1. The number of sulfonamides is 1. The van der Waals surface area contributed by atoms with Crippen molar-refractivity contribution in [2.75, 3.05) is 26.0 Å². The largest absolute Gasteiger partial charge is 0.497 e. The zero-order valence-electron chi connectivity index (χ0n) is 16.5. The Morgan fingerprint density at radius 1 is 1.10 bits per heavy atom. The standard InChI is InChI=1S/C19H21Cl2N3O5S/c1-12(23-30(27,28)15-7-5-14(29-3)6-8-15)19(26)24(2)11-18(25)22-13-4-9-16(20)17(21)10-13/h4-10,12,23H,11H2,1-3H3,(H,22,25)/t12-/m0/s1. The Bertz CT molecular complexity index is 1030. The second-order valence-corrected chi connectivity index (χ2v) is 8.92. The molecule has 0 aliphatic rings. The summed E-state index contributed by atoms with van der Waals surface area (Å²) in [4.78, 5) is 25.8. The van der Waals surface area contributed by atoms with Gasteiger partial charge in [-0.15, -0.1) is 0 Å². The molecule has 2 N–H and O–H groups in total. The smallest absolute Gasteiger partial charge is 0.243 e. The summed E-state index contributed by atoms with van der Waals surface area (Å²) in [6.07, 6.45) is 0. The van der Waals surface area contributed by atoms with E-state index >= 15 is 0 Å². The van der Waals surface area contributed by atoms with Gasteiger partial charge in [0.15, 0.2) is 0 Å². The molecule has 0 heterocycles. The van der Waals surface area contributed by atoms with E-state index in [9.17, 15) is 18.0 Å². The van der Waals surface area contributed by atoms with E-state index in [0.29, 0.717) is 16.5 Å². The predicted molar refractivity (Wildman–Crippen MR) is 116 cm³/mol. The van der Waals surface area contributed by atoms with E-state index in [1.165, 1.54) is 57.5 Å². The van der Waals surface area contributed by atoms with E-state index in [4.69, 9.17) is 27.9 Å². The molecule has 0 saturated carbocycles. The molecule has 2 aromatic rings. The molecular weight excluding hydrogens is 453 g/mol. The average molecular weight is 474 g/mol. The first-order chi connectivity index (χ1) is 14.0. The third kappa shape index (κ3) is 6.33. The van der Waals surface area contributed by atoms with E-state index in [1.807, 2.05) is 0 Å². The monoisotopic (exact) mass is 473 g/mol. The molecule has 0 fully saturated rings. The van der Waals surface area contributed by atoms with Crippen LogP contribution in [0, 0.1) is 0 Å². The second kappa shape index (κ2) is 10.1. The number of hydrogen-bond donors (Lipinski definition) is 2. The van der Waals surface area contributed by atoms with Gasteiger partial charge in [-0.05, 0) is 49.4 Å². The summed E-state index contributed by atoms with van der Waals surface area (Å²) in [6, 6.07) is 9.24. The Morgan fingerprint density at radius 2 is 1.73 bits per heavy atom. The molecule has 2 aromatic carbocycles. The highest BCUT2D eigenvalue weighted by molar-refractivity contribution is 7.89. The Hall–Kier alpha value is -2.33. The molecule has 0 saturated heterocycles. The molecule has 11 heteroatoms. The normalized spacial score (nSPS) is 12.2. The van der Waals surface area contributed by atoms with Gasteiger partial charge in [0.2, 0.25) is 21.8 Å². The number of nitrogens with one attached hydrogen (secondary N) is 2. The van der Waals surface area contributed by atoms with Gasteiger partial charge in [-0.3, -0.25) is 9.59 Å². The van der Waals surface area contributed by atoms with Gasteiger partial charge in [-0.2, -0.15) is 4.72 Å². The molecule has 1 atom stereocenters. The van der Waals surface area contributed by atoms with Crippen molar-refractivity contribution >= 4 is 50.7 Å². The lowest BCUT2D eigenvalue weighted by Gasteiger charge is -2.21. The molecule has 162 valence electrons. The number of carbonyl (C=O) groups is 2. The Kier molecular flexibility index (Phi) is 8.08. The van der Waals surface area contributed by atoms with Crippen LogP contribution >= 0.6 is 23.2 Å². The van der Waals surface area contributed by atoms with Crippen molar-refractivity contribution in [3.8, 4) is 5.75 Å². The molecule has 2 rings (SSSR count). The average Bonchev–Trinajstić information content (AvgIpc) is 2.69. The van der Waals surface area contributed by atoms with E-state index in [2.05, 4.69) is 10.0 Å². The zero-order chi connectivity index (χ0) is 22.5. The summed E-state index contributed by atoms with van der Waals surface area (Å²) in [5, 5.41) is 3.22.